The Morgan fingerprint density at radius 2 is 2.17 bits per heavy atom. The summed E-state index contributed by atoms with van der Waals surface area (Å²) in [4.78, 5) is 11.6. The molecule has 0 aliphatic carbocycles. The first kappa shape index (κ1) is 15.2. The summed E-state index contributed by atoms with van der Waals surface area (Å²) in [5.74, 6) is 0.0937. The van der Waals surface area contributed by atoms with E-state index in [4.69, 9.17) is 39.5 Å². The third-order valence-corrected chi connectivity index (χ3v) is 2.69. The maximum absolute atomic E-state index is 11.6. The second-order valence-corrected chi connectivity index (χ2v) is 4.95. The fraction of sp³-hybridized carbons (Fsp3) is 0.250. The van der Waals surface area contributed by atoms with E-state index in [2.05, 4.69) is 11.9 Å². The highest BCUT2D eigenvalue weighted by molar-refractivity contribution is 6.35. The number of nitrogens with one attached hydrogen (secondary N) is 1. The lowest BCUT2D eigenvalue weighted by atomic mass is 10.3. The molecule has 0 fully saturated rings. The van der Waals surface area contributed by atoms with Crippen LogP contribution in [0.5, 0.6) is 5.75 Å². The van der Waals surface area contributed by atoms with Gasteiger partial charge in [0, 0.05) is 10.1 Å². The molecule has 1 N–H and O–H groups in total. The molecule has 3 nitrogen and oxygen atoms in total. The third-order valence-electron chi connectivity index (χ3n) is 2.02. The van der Waals surface area contributed by atoms with Crippen LogP contribution in [0.15, 0.2) is 29.8 Å². The van der Waals surface area contributed by atoms with E-state index in [1.165, 1.54) is 0 Å². The van der Waals surface area contributed by atoms with Gasteiger partial charge in [0.05, 0.1) is 11.6 Å². The summed E-state index contributed by atoms with van der Waals surface area (Å²) in [5, 5.41) is 3.77. The van der Waals surface area contributed by atoms with Crippen LogP contribution < -0.4 is 10.1 Å². The largest absolute Gasteiger partial charge is 0.479 e. The molecule has 0 heterocycles. The molecule has 1 unspecified atom stereocenters. The van der Waals surface area contributed by atoms with E-state index in [1.54, 1.807) is 25.1 Å². The number of hydrogen-bond donors (Lipinski definition) is 1. The predicted octanol–water partition coefficient (Wildman–Crippen LogP) is 3.63. The number of hydrogen-bond acceptors (Lipinski definition) is 2. The van der Waals surface area contributed by atoms with Crippen molar-refractivity contribution in [2.45, 2.75) is 13.0 Å². The first-order chi connectivity index (χ1) is 8.40. The van der Waals surface area contributed by atoms with Gasteiger partial charge >= 0.3 is 0 Å². The van der Waals surface area contributed by atoms with E-state index in [9.17, 15) is 4.79 Å². The quantitative estimate of drug-likeness (QED) is 0.902. The van der Waals surface area contributed by atoms with Gasteiger partial charge < -0.3 is 10.1 Å². The van der Waals surface area contributed by atoms with Crippen molar-refractivity contribution < 1.29 is 9.53 Å². The summed E-state index contributed by atoms with van der Waals surface area (Å²) in [6, 6.07) is 4.78. The van der Waals surface area contributed by atoms with Crippen LogP contribution in [0.1, 0.15) is 6.92 Å². The van der Waals surface area contributed by atoms with Crippen LogP contribution in [0.2, 0.25) is 10.0 Å². The van der Waals surface area contributed by atoms with Gasteiger partial charge in [-0.2, -0.15) is 0 Å². The fourth-order valence-corrected chi connectivity index (χ4v) is 1.66. The van der Waals surface area contributed by atoms with Gasteiger partial charge in [-0.05, 0) is 25.1 Å². The maximum atomic E-state index is 11.6. The molecule has 98 valence electrons. The number of amides is 1. The molecule has 0 saturated carbocycles. The first-order valence-electron chi connectivity index (χ1n) is 5.13. The molecule has 0 spiro atoms. The summed E-state index contributed by atoms with van der Waals surface area (Å²) in [6.45, 7) is 5.27. The minimum Gasteiger partial charge on any atom is -0.479 e. The number of rotatable bonds is 5. The van der Waals surface area contributed by atoms with Crippen LogP contribution in [0.4, 0.5) is 0 Å². The second-order valence-electron chi connectivity index (χ2n) is 3.57. The van der Waals surface area contributed by atoms with Gasteiger partial charge in [-0.25, -0.2) is 0 Å². The van der Waals surface area contributed by atoms with Gasteiger partial charge in [0.25, 0.3) is 5.91 Å². The van der Waals surface area contributed by atoms with Crippen molar-refractivity contribution in [1.29, 1.82) is 0 Å². The van der Waals surface area contributed by atoms with Gasteiger partial charge in [0.15, 0.2) is 6.10 Å². The van der Waals surface area contributed by atoms with Crippen molar-refractivity contribution in [1.82, 2.24) is 5.32 Å². The summed E-state index contributed by atoms with van der Waals surface area (Å²) in [5.41, 5.74) is 0. The zero-order valence-electron chi connectivity index (χ0n) is 9.67. The molecule has 1 amide bonds. The van der Waals surface area contributed by atoms with Gasteiger partial charge in [0.1, 0.15) is 5.75 Å². The Bertz CT molecular complexity index is 463. The summed E-state index contributed by atoms with van der Waals surface area (Å²) < 4.78 is 5.42. The highest BCUT2D eigenvalue weighted by Gasteiger charge is 2.15. The first-order valence-corrected chi connectivity index (χ1v) is 6.26. The van der Waals surface area contributed by atoms with Crippen LogP contribution in [0.3, 0.4) is 0 Å². The van der Waals surface area contributed by atoms with Crippen molar-refractivity contribution in [3.05, 3.63) is 39.9 Å². The Hall–Kier alpha value is -0.900. The van der Waals surface area contributed by atoms with E-state index < -0.39 is 6.10 Å². The lowest BCUT2D eigenvalue weighted by Gasteiger charge is -2.15. The lowest BCUT2D eigenvalue weighted by molar-refractivity contribution is -0.127. The monoisotopic (exact) mass is 307 g/mol. The summed E-state index contributed by atoms with van der Waals surface area (Å²) in [6.07, 6.45) is -0.695. The van der Waals surface area contributed by atoms with Crippen molar-refractivity contribution in [3.63, 3.8) is 0 Å². The van der Waals surface area contributed by atoms with Crippen LogP contribution in [0, 0.1) is 0 Å². The standard InChI is InChI=1S/C12H12Cl3NO2/c1-7(13)6-16-12(17)8(2)18-11-4-3-9(14)5-10(11)15/h3-5,8H,1,6H2,2H3,(H,16,17). The average Bonchev–Trinajstić information content (AvgIpc) is 2.29. The molecule has 18 heavy (non-hydrogen) atoms. The summed E-state index contributed by atoms with van der Waals surface area (Å²) in [7, 11) is 0. The zero-order chi connectivity index (χ0) is 13.7. The van der Waals surface area contributed by atoms with Crippen molar-refractivity contribution >= 4 is 40.7 Å². The van der Waals surface area contributed by atoms with Crippen LogP contribution in [-0.4, -0.2) is 18.6 Å². The predicted molar refractivity (Wildman–Crippen MR) is 74.6 cm³/mol. The van der Waals surface area contributed by atoms with E-state index in [1.807, 2.05) is 0 Å². The number of carbonyl (C=O) groups excluding carboxylic acids is 1. The Morgan fingerprint density at radius 1 is 1.50 bits per heavy atom. The van der Waals surface area contributed by atoms with Gasteiger partial charge in [-0.1, -0.05) is 41.4 Å². The Morgan fingerprint density at radius 3 is 2.72 bits per heavy atom. The molecular formula is C12H12Cl3NO2. The number of benzene rings is 1. The van der Waals surface area contributed by atoms with Gasteiger partial charge in [-0.3, -0.25) is 4.79 Å². The molecule has 1 aromatic carbocycles. The van der Waals surface area contributed by atoms with Gasteiger partial charge in [-0.15, -0.1) is 0 Å². The molecule has 1 atom stereocenters. The van der Waals surface area contributed by atoms with Crippen molar-refractivity contribution in [2.24, 2.45) is 0 Å². The molecule has 1 aromatic rings. The van der Waals surface area contributed by atoms with Crippen LogP contribution in [0.25, 0.3) is 0 Å². The average molecular weight is 309 g/mol. The minimum atomic E-state index is -0.695. The van der Waals surface area contributed by atoms with Crippen LogP contribution in [-0.2, 0) is 4.79 Å². The highest BCUT2D eigenvalue weighted by Crippen LogP contribution is 2.28. The minimum absolute atomic E-state index is 0.197. The maximum Gasteiger partial charge on any atom is 0.261 e. The summed E-state index contributed by atoms with van der Waals surface area (Å²) >= 11 is 17.2. The lowest BCUT2D eigenvalue weighted by Crippen LogP contribution is -2.36. The molecule has 1 rings (SSSR count). The Balaban J connectivity index is 2.60. The molecule has 0 aromatic heterocycles. The van der Waals surface area contributed by atoms with Crippen molar-refractivity contribution in [2.75, 3.05) is 6.54 Å². The SMILES string of the molecule is C=C(Cl)CNC(=O)C(C)Oc1ccc(Cl)cc1Cl. The van der Waals surface area contributed by atoms with E-state index in [-0.39, 0.29) is 12.5 Å². The second kappa shape index (κ2) is 6.88. The normalized spacial score (nSPS) is 11.8. The van der Waals surface area contributed by atoms with Crippen LogP contribution >= 0.6 is 34.8 Å². The van der Waals surface area contributed by atoms with Crippen molar-refractivity contribution in [3.8, 4) is 5.75 Å². The third kappa shape index (κ3) is 4.77. The highest BCUT2D eigenvalue weighted by atomic mass is 35.5. The molecule has 0 bridgehead atoms. The molecule has 0 aliphatic rings. The molecule has 0 radical (unpaired) electrons. The van der Waals surface area contributed by atoms with E-state index in [0.29, 0.717) is 20.8 Å². The molecule has 0 saturated heterocycles. The number of carbonyl (C=O) groups is 1. The van der Waals surface area contributed by atoms with E-state index in [0.717, 1.165) is 0 Å². The Labute approximate surface area is 121 Å². The van der Waals surface area contributed by atoms with Gasteiger partial charge in [0.2, 0.25) is 0 Å². The number of halogens is 3. The molecule has 0 aliphatic heterocycles. The molecular weight excluding hydrogens is 296 g/mol. The number of ether oxygens (including phenoxy) is 1. The molecule has 6 heteroatoms. The Kier molecular flexibility index (Phi) is 5.79. The smallest absolute Gasteiger partial charge is 0.261 e. The fourth-order valence-electron chi connectivity index (χ4n) is 1.14. The zero-order valence-corrected chi connectivity index (χ0v) is 11.9. The topological polar surface area (TPSA) is 38.3 Å². The van der Waals surface area contributed by atoms with E-state index >= 15 is 0 Å².